The summed E-state index contributed by atoms with van der Waals surface area (Å²) in [5, 5.41) is 0.710. The molecule has 2 unspecified atom stereocenters. The number of ether oxygens (including phenoxy) is 1. The fourth-order valence-corrected chi connectivity index (χ4v) is 2.46. The Balaban J connectivity index is 2.23. The van der Waals surface area contributed by atoms with E-state index in [4.69, 9.17) is 22.1 Å². The maximum absolute atomic E-state index is 6.03. The van der Waals surface area contributed by atoms with Crippen LogP contribution in [0.3, 0.4) is 0 Å². The first-order valence-electron chi connectivity index (χ1n) is 5.99. The highest BCUT2D eigenvalue weighted by atomic mass is 127. The third-order valence-corrected chi connectivity index (χ3v) is 3.66. The van der Waals surface area contributed by atoms with Crippen molar-refractivity contribution in [3.8, 4) is 5.75 Å². The molecule has 0 amide bonds. The zero-order valence-electron chi connectivity index (χ0n) is 10.5. The van der Waals surface area contributed by atoms with Gasteiger partial charge in [0.2, 0.25) is 0 Å². The van der Waals surface area contributed by atoms with Gasteiger partial charge in [-0.2, -0.15) is 0 Å². The monoisotopic (exact) mass is 387 g/mol. The molecular weight excluding hydrogens is 373 g/mol. The van der Waals surface area contributed by atoms with Gasteiger partial charge in [0.1, 0.15) is 11.9 Å². The molecule has 19 heavy (non-hydrogen) atoms. The Labute approximate surface area is 132 Å². The lowest BCUT2D eigenvalue weighted by Gasteiger charge is -2.23. The highest BCUT2D eigenvalue weighted by Gasteiger charge is 2.18. The molecule has 2 nitrogen and oxygen atoms in total. The average Bonchev–Trinajstić information content (AvgIpc) is 2.37. The van der Waals surface area contributed by atoms with E-state index < -0.39 is 0 Å². The highest BCUT2D eigenvalue weighted by Crippen LogP contribution is 2.26. The number of halogens is 2. The first-order chi connectivity index (χ1) is 9.06. The summed E-state index contributed by atoms with van der Waals surface area (Å²) >= 11 is 8.16. The van der Waals surface area contributed by atoms with E-state index in [0.717, 1.165) is 14.9 Å². The van der Waals surface area contributed by atoms with Gasteiger partial charge >= 0.3 is 0 Å². The van der Waals surface area contributed by atoms with E-state index in [1.165, 1.54) is 0 Å². The van der Waals surface area contributed by atoms with Crippen molar-refractivity contribution in [3.05, 3.63) is 62.7 Å². The first-order valence-corrected chi connectivity index (χ1v) is 7.45. The highest BCUT2D eigenvalue weighted by molar-refractivity contribution is 14.1. The van der Waals surface area contributed by atoms with Crippen LogP contribution in [0.15, 0.2) is 48.5 Å². The smallest absolute Gasteiger partial charge is 0.138 e. The van der Waals surface area contributed by atoms with Gasteiger partial charge in [0.05, 0.1) is 0 Å². The third kappa shape index (κ3) is 4.09. The SMILES string of the molecule is CC(N)C(Oc1cccc(I)c1)c1ccc(Cl)cc1. The minimum Gasteiger partial charge on any atom is -0.484 e. The van der Waals surface area contributed by atoms with Crippen LogP contribution in [0, 0.1) is 3.57 Å². The molecule has 0 aliphatic heterocycles. The number of nitrogens with two attached hydrogens (primary N) is 1. The second-order valence-electron chi connectivity index (χ2n) is 4.41. The molecule has 2 aromatic rings. The molecule has 0 bridgehead atoms. The fraction of sp³-hybridized carbons (Fsp3) is 0.200. The third-order valence-electron chi connectivity index (χ3n) is 2.74. The lowest BCUT2D eigenvalue weighted by Crippen LogP contribution is -2.29. The largest absolute Gasteiger partial charge is 0.484 e. The molecule has 2 aromatic carbocycles. The number of hydrogen-bond donors (Lipinski definition) is 1. The Morgan fingerprint density at radius 1 is 1.16 bits per heavy atom. The van der Waals surface area contributed by atoms with E-state index >= 15 is 0 Å². The lowest BCUT2D eigenvalue weighted by molar-refractivity contribution is 0.180. The second-order valence-corrected chi connectivity index (χ2v) is 6.09. The molecule has 0 spiro atoms. The van der Waals surface area contributed by atoms with Gasteiger partial charge in [-0.3, -0.25) is 0 Å². The zero-order valence-corrected chi connectivity index (χ0v) is 13.4. The van der Waals surface area contributed by atoms with E-state index in [1.807, 2.05) is 55.5 Å². The predicted molar refractivity (Wildman–Crippen MR) is 87.6 cm³/mol. The molecular formula is C15H15ClINO. The van der Waals surface area contributed by atoms with Crippen LogP contribution in [0.1, 0.15) is 18.6 Å². The van der Waals surface area contributed by atoms with Crippen LogP contribution < -0.4 is 10.5 Å². The molecule has 0 radical (unpaired) electrons. The Bertz CT molecular complexity index is 542. The molecule has 0 fully saturated rings. The van der Waals surface area contributed by atoms with Crippen molar-refractivity contribution in [1.29, 1.82) is 0 Å². The molecule has 0 aromatic heterocycles. The molecule has 0 heterocycles. The van der Waals surface area contributed by atoms with Crippen molar-refractivity contribution in [1.82, 2.24) is 0 Å². The normalized spacial score (nSPS) is 13.9. The summed E-state index contributed by atoms with van der Waals surface area (Å²) in [7, 11) is 0. The van der Waals surface area contributed by atoms with Crippen molar-refractivity contribution in [3.63, 3.8) is 0 Å². The fourth-order valence-electron chi connectivity index (χ4n) is 1.82. The standard InChI is InChI=1S/C15H15ClINO/c1-10(18)15(11-5-7-12(16)8-6-11)19-14-4-2-3-13(17)9-14/h2-10,15H,18H2,1H3. The molecule has 0 saturated heterocycles. The van der Waals surface area contributed by atoms with Crippen molar-refractivity contribution in [2.24, 2.45) is 5.73 Å². The van der Waals surface area contributed by atoms with Gasteiger partial charge in [-0.25, -0.2) is 0 Å². The number of hydrogen-bond acceptors (Lipinski definition) is 2. The van der Waals surface area contributed by atoms with Crippen LogP contribution in [0.25, 0.3) is 0 Å². The van der Waals surface area contributed by atoms with Gasteiger partial charge in [-0.15, -0.1) is 0 Å². The minimum absolute atomic E-state index is 0.112. The zero-order chi connectivity index (χ0) is 13.8. The van der Waals surface area contributed by atoms with Crippen LogP contribution in [-0.2, 0) is 0 Å². The van der Waals surface area contributed by atoms with Crippen LogP contribution in [0.5, 0.6) is 5.75 Å². The molecule has 2 N–H and O–H groups in total. The minimum atomic E-state index is -0.185. The maximum atomic E-state index is 6.03. The van der Waals surface area contributed by atoms with Crippen molar-refractivity contribution in [2.75, 3.05) is 0 Å². The van der Waals surface area contributed by atoms with Gasteiger partial charge in [-0.05, 0) is 65.4 Å². The first kappa shape index (κ1) is 14.6. The predicted octanol–water partition coefficient (Wildman–Crippen LogP) is 4.41. The summed E-state index contributed by atoms with van der Waals surface area (Å²) in [5.41, 5.74) is 7.06. The second kappa shape index (κ2) is 6.59. The molecule has 0 aliphatic rings. The molecule has 2 rings (SSSR count). The summed E-state index contributed by atoms with van der Waals surface area (Å²) < 4.78 is 7.14. The van der Waals surface area contributed by atoms with E-state index in [-0.39, 0.29) is 12.1 Å². The van der Waals surface area contributed by atoms with Crippen molar-refractivity contribution >= 4 is 34.2 Å². The quantitative estimate of drug-likeness (QED) is 0.789. The van der Waals surface area contributed by atoms with Crippen LogP contribution in [-0.4, -0.2) is 6.04 Å². The summed E-state index contributed by atoms with van der Waals surface area (Å²) in [6.07, 6.45) is -0.185. The van der Waals surface area contributed by atoms with Crippen LogP contribution >= 0.6 is 34.2 Å². The summed E-state index contributed by atoms with van der Waals surface area (Å²) in [4.78, 5) is 0. The van der Waals surface area contributed by atoms with Crippen molar-refractivity contribution in [2.45, 2.75) is 19.1 Å². The Morgan fingerprint density at radius 3 is 2.42 bits per heavy atom. The van der Waals surface area contributed by atoms with Crippen LogP contribution in [0.2, 0.25) is 5.02 Å². The van der Waals surface area contributed by atoms with Gasteiger partial charge in [0.15, 0.2) is 0 Å². The Hall–Kier alpha value is -0.780. The summed E-state index contributed by atoms with van der Waals surface area (Å²) in [5.74, 6) is 0.823. The topological polar surface area (TPSA) is 35.2 Å². The Kier molecular flexibility index (Phi) is 5.07. The molecule has 0 saturated carbocycles. The average molecular weight is 388 g/mol. The van der Waals surface area contributed by atoms with E-state index in [1.54, 1.807) is 0 Å². The number of rotatable bonds is 4. The van der Waals surface area contributed by atoms with E-state index in [0.29, 0.717) is 5.02 Å². The van der Waals surface area contributed by atoms with Crippen molar-refractivity contribution < 1.29 is 4.74 Å². The lowest BCUT2D eigenvalue weighted by atomic mass is 10.0. The Morgan fingerprint density at radius 2 is 1.84 bits per heavy atom. The van der Waals surface area contributed by atoms with Gasteiger partial charge < -0.3 is 10.5 Å². The summed E-state index contributed by atoms with van der Waals surface area (Å²) in [6.45, 7) is 1.94. The number of benzene rings is 2. The van der Waals surface area contributed by atoms with Gasteiger partial charge in [0.25, 0.3) is 0 Å². The van der Waals surface area contributed by atoms with E-state index in [9.17, 15) is 0 Å². The summed E-state index contributed by atoms with van der Waals surface area (Å²) in [6, 6.07) is 15.4. The van der Waals surface area contributed by atoms with Gasteiger partial charge in [0, 0.05) is 14.6 Å². The molecule has 0 aliphatic carbocycles. The maximum Gasteiger partial charge on any atom is 0.138 e. The molecule has 2 atom stereocenters. The van der Waals surface area contributed by atoms with Crippen LogP contribution in [0.4, 0.5) is 0 Å². The molecule has 4 heteroatoms. The molecule has 100 valence electrons. The van der Waals surface area contributed by atoms with E-state index in [2.05, 4.69) is 22.6 Å². The van der Waals surface area contributed by atoms with Gasteiger partial charge in [-0.1, -0.05) is 29.8 Å².